The Bertz CT molecular complexity index is 510. The van der Waals surface area contributed by atoms with Gasteiger partial charge in [0.2, 0.25) is 5.91 Å². The van der Waals surface area contributed by atoms with Gasteiger partial charge in [0.25, 0.3) is 5.91 Å². The van der Waals surface area contributed by atoms with E-state index in [9.17, 15) is 9.59 Å². The molecule has 0 aliphatic heterocycles. The Morgan fingerprint density at radius 1 is 1.38 bits per heavy atom. The van der Waals surface area contributed by atoms with Gasteiger partial charge in [0, 0.05) is 25.6 Å². The smallest absolute Gasteiger partial charge is 0.271 e. The van der Waals surface area contributed by atoms with Crippen LogP contribution in [0.15, 0.2) is 0 Å². The fourth-order valence-electron chi connectivity index (χ4n) is 1.89. The first-order valence-electron chi connectivity index (χ1n) is 7.31. The molecule has 0 radical (unpaired) electrons. The average Bonchev–Trinajstić information content (AvgIpc) is 2.73. The van der Waals surface area contributed by atoms with Gasteiger partial charge in [0.05, 0.1) is 11.4 Å². The summed E-state index contributed by atoms with van der Waals surface area (Å²) in [5, 5.41) is 9.75. The molecule has 0 saturated heterocycles. The van der Waals surface area contributed by atoms with E-state index >= 15 is 0 Å². The topological polar surface area (TPSA) is 102 Å². The van der Waals surface area contributed by atoms with Gasteiger partial charge in [-0.05, 0) is 27.2 Å². The molecule has 1 atom stereocenters. The predicted molar refractivity (Wildman–Crippen MR) is 81.9 cm³/mol. The van der Waals surface area contributed by atoms with E-state index in [2.05, 4.69) is 15.7 Å². The van der Waals surface area contributed by atoms with E-state index in [-0.39, 0.29) is 30.8 Å². The zero-order chi connectivity index (χ0) is 16.0. The lowest BCUT2D eigenvalue weighted by atomic mass is 10.2. The Morgan fingerprint density at radius 3 is 2.62 bits per heavy atom. The first kappa shape index (κ1) is 17.0. The Balaban J connectivity index is 2.53. The zero-order valence-electron chi connectivity index (χ0n) is 13.2. The summed E-state index contributed by atoms with van der Waals surface area (Å²) in [6, 6.07) is 0.146. The lowest BCUT2D eigenvalue weighted by molar-refractivity contribution is -0.121. The molecule has 0 saturated carbocycles. The molecule has 0 spiro atoms. The lowest BCUT2D eigenvalue weighted by Gasteiger charge is -2.12. The number of carbonyl (C=O) groups excluding carboxylic acids is 2. The minimum atomic E-state index is -0.300. The van der Waals surface area contributed by atoms with Gasteiger partial charge < -0.3 is 16.4 Å². The van der Waals surface area contributed by atoms with Gasteiger partial charge in [-0.25, -0.2) is 0 Å². The van der Waals surface area contributed by atoms with Crippen LogP contribution in [0.25, 0.3) is 0 Å². The summed E-state index contributed by atoms with van der Waals surface area (Å²) < 4.78 is 1.57. The van der Waals surface area contributed by atoms with Crippen molar-refractivity contribution in [2.75, 3.05) is 12.3 Å². The van der Waals surface area contributed by atoms with Gasteiger partial charge in [-0.3, -0.25) is 14.3 Å². The first-order chi connectivity index (χ1) is 9.90. The number of nitrogens with one attached hydrogen (secondary N) is 2. The summed E-state index contributed by atoms with van der Waals surface area (Å²) in [5.41, 5.74) is 7.25. The second-order valence-corrected chi connectivity index (χ2v) is 5.05. The maximum absolute atomic E-state index is 12.1. The van der Waals surface area contributed by atoms with Gasteiger partial charge in [-0.2, -0.15) is 5.10 Å². The fourth-order valence-corrected chi connectivity index (χ4v) is 1.89. The Kier molecular flexibility index (Phi) is 6.20. The second-order valence-electron chi connectivity index (χ2n) is 5.05. The van der Waals surface area contributed by atoms with E-state index in [0.717, 1.165) is 6.42 Å². The van der Waals surface area contributed by atoms with Crippen LogP contribution in [0.1, 0.15) is 49.8 Å². The summed E-state index contributed by atoms with van der Waals surface area (Å²) in [6.07, 6.45) is 1.12. The summed E-state index contributed by atoms with van der Waals surface area (Å²) in [5.74, 6) is -0.371. The number of amides is 2. The van der Waals surface area contributed by atoms with Crippen molar-refractivity contribution in [3.63, 3.8) is 0 Å². The summed E-state index contributed by atoms with van der Waals surface area (Å²) >= 11 is 0. The third-order valence-electron chi connectivity index (χ3n) is 3.35. The molecule has 0 aliphatic carbocycles. The van der Waals surface area contributed by atoms with Crippen LogP contribution < -0.4 is 16.4 Å². The van der Waals surface area contributed by atoms with Crippen LogP contribution in [0.3, 0.4) is 0 Å². The number of carbonyl (C=O) groups is 2. The Morgan fingerprint density at radius 2 is 2.05 bits per heavy atom. The molecule has 0 bridgehead atoms. The third-order valence-corrected chi connectivity index (χ3v) is 3.35. The SMILES string of the molecule is CCC(C)NC(=O)CCNC(=O)c1c(N)c(C)nn1CC. The first-order valence-corrected chi connectivity index (χ1v) is 7.31. The van der Waals surface area contributed by atoms with Crippen molar-refractivity contribution in [2.45, 2.75) is 53.1 Å². The molecule has 0 aliphatic rings. The van der Waals surface area contributed by atoms with E-state index in [1.54, 1.807) is 11.6 Å². The molecule has 0 aromatic carbocycles. The van der Waals surface area contributed by atoms with Crippen molar-refractivity contribution in [1.82, 2.24) is 20.4 Å². The van der Waals surface area contributed by atoms with Crippen LogP contribution in [0.4, 0.5) is 5.69 Å². The molecule has 7 heteroatoms. The predicted octanol–water partition coefficient (Wildman–Crippen LogP) is 0.828. The molecule has 0 fully saturated rings. The van der Waals surface area contributed by atoms with E-state index in [4.69, 9.17) is 5.73 Å². The van der Waals surface area contributed by atoms with Crippen LogP contribution in [0.5, 0.6) is 0 Å². The summed E-state index contributed by atoms with van der Waals surface area (Å²) in [4.78, 5) is 23.8. The van der Waals surface area contributed by atoms with Crippen LogP contribution in [-0.4, -0.2) is 34.2 Å². The maximum Gasteiger partial charge on any atom is 0.271 e. The van der Waals surface area contributed by atoms with Gasteiger partial charge in [0.1, 0.15) is 5.69 Å². The summed E-state index contributed by atoms with van der Waals surface area (Å²) in [7, 11) is 0. The second kappa shape index (κ2) is 7.66. The van der Waals surface area contributed by atoms with Gasteiger partial charge in [-0.1, -0.05) is 6.92 Å². The summed E-state index contributed by atoms with van der Waals surface area (Å²) in [6.45, 7) is 8.44. The highest BCUT2D eigenvalue weighted by Crippen LogP contribution is 2.15. The number of nitrogen functional groups attached to an aromatic ring is 1. The third kappa shape index (κ3) is 4.47. The van der Waals surface area contributed by atoms with Crippen molar-refractivity contribution in [1.29, 1.82) is 0 Å². The number of aromatic nitrogens is 2. The van der Waals surface area contributed by atoms with Crippen LogP contribution in [0, 0.1) is 6.92 Å². The highest BCUT2D eigenvalue weighted by molar-refractivity contribution is 5.98. The molecule has 7 nitrogen and oxygen atoms in total. The molecule has 2 amide bonds. The molecule has 1 heterocycles. The highest BCUT2D eigenvalue weighted by atomic mass is 16.2. The monoisotopic (exact) mass is 295 g/mol. The minimum Gasteiger partial charge on any atom is -0.395 e. The van der Waals surface area contributed by atoms with Crippen molar-refractivity contribution < 1.29 is 9.59 Å². The van der Waals surface area contributed by atoms with Gasteiger partial charge >= 0.3 is 0 Å². The highest BCUT2D eigenvalue weighted by Gasteiger charge is 2.18. The average molecular weight is 295 g/mol. The molecule has 4 N–H and O–H groups in total. The van der Waals surface area contributed by atoms with Crippen LogP contribution in [0.2, 0.25) is 0 Å². The number of rotatable bonds is 7. The fraction of sp³-hybridized carbons (Fsp3) is 0.643. The quantitative estimate of drug-likeness (QED) is 0.693. The van der Waals surface area contributed by atoms with E-state index in [1.165, 1.54) is 0 Å². The molecule has 21 heavy (non-hydrogen) atoms. The Labute approximate surface area is 125 Å². The van der Waals surface area contributed by atoms with Crippen LogP contribution >= 0.6 is 0 Å². The number of hydrogen-bond acceptors (Lipinski definition) is 4. The lowest BCUT2D eigenvalue weighted by Crippen LogP contribution is -2.35. The normalized spacial score (nSPS) is 12.0. The van der Waals surface area contributed by atoms with Gasteiger partial charge in [-0.15, -0.1) is 0 Å². The standard InChI is InChI=1S/C14H25N5O2/c1-5-9(3)17-11(20)7-8-16-14(21)13-12(15)10(4)18-19(13)6-2/h9H,5-8,15H2,1-4H3,(H,16,21)(H,17,20). The van der Waals surface area contributed by atoms with Crippen molar-refractivity contribution in [3.8, 4) is 0 Å². The maximum atomic E-state index is 12.1. The van der Waals surface area contributed by atoms with Crippen LogP contribution in [-0.2, 0) is 11.3 Å². The molecule has 118 valence electrons. The van der Waals surface area contributed by atoms with Gasteiger partial charge in [0.15, 0.2) is 0 Å². The largest absolute Gasteiger partial charge is 0.395 e. The number of nitrogens with zero attached hydrogens (tertiary/aromatic N) is 2. The van der Waals surface area contributed by atoms with Crippen molar-refractivity contribution >= 4 is 17.5 Å². The van der Waals surface area contributed by atoms with E-state index < -0.39 is 0 Å². The number of anilines is 1. The van der Waals surface area contributed by atoms with E-state index in [1.807, 2.05) is 20.8 Å². The minimum absolute atomic E-state index is 0.0715. The number of hydrogen-bond donors (Lipinski definition) is 3. The number of nitrogens with two attached hydrogens (primary N) is 1. The molecule has 1 rings (SSSR count). The molecule has 1 unspecified atom stereocenters. The molecule has 1 aromatic rings. The molecule has 1 aromatic heterocycles. The van der Waals surface area contributed by atoms with Crippen molar-refractivity contribution in [3.05, 3.63) is 11.4 Å². The van der Waals surface area contributed by atoms with Crippen molar-refractivity contribution in [2.24, 2.45) is 0 Å². The molecular formula is C14H25N5O2. The van der Waals surface area contributed by atoms with E-state index in [0.29, 0.717) is 23.6 Å². The Hall–Kier alpha value is -2.05. The molecular weight excluding hydrogens is 270 g/mol. The zero-order valence-corrected chi connectivity index (χ0v) is 13.2. The number of aryl methyl sites for hydroxylation is 2.